The first-order chi connectivity index (χ1) is 3.85. The van der Waals surface area contributed by atoms with E-state index in [1.807, 2.05) is 0 Å². The summed E-state index contributed by atoms with van der Waals surface area (Å²) in [6, 6.07) is 0. The van der Waals surface area contributed by atoms with Crippen LogP contribution in [0.25, 0.3) is 0 Å². The van der Waals surface area contributed by atoms with Gasteiger partial charge < -0.3 is 5.73 Å². The Labute approximate surface area is 66.0 Å². The average Bonchev–Trinajstić information content (AvgIpc) is 1.62. The Hall–Kier alpha value is 0.170. The fraction of sp³-hybridized carbons (Fsp3) is 0.800. The molecule has 0 aromatic heterocycles. The minimum absolute atomic E-state index is 0.316. The summed E-state index contributed by atoms with van der Waals surface area (Å²) in [5.74, 6) is -0.688. The zero-order valence-corrected chi connectivity index (χ0v) is 7.25. The Bertz CT molecular complexity index is 119. The van der Waals surface area contributed by atoms with Crippen LogP contribution in [0.15, 0.2) is 0 Å². The van der Waals surface area contributed by atoms with Gasteiger partial charge in [-0.05, 0) is 6.92 Å². The molecule has 0 rings (SSSR count). The minimum atomic E-state index is -0.605. The molecular formula is C5H11NOS2. The SMILES string of the molecule is CC(C(N)=O)C(C)(S)S. The summed E-state index contributed by atoms with van der Waals surface area (Å²) in [5, 5.41) is 0. The number of hydrogen-bond acceptors (Lipinski definition) is 3. The Morgan fingerprint density at radius 1 is 1.67 bits per heavy atom. The van der Waals surface area contributed by atoms with Crippen molar-refractivity contribution in [1.82, 2.24) is 0 Å². The molecule has 0 saturated carbocycles. The van der Waals surface area contributed by atoms with Crippen LogP contribution >= 0.6 is 25.3 Å². The summed E-state index contributed by atoms with van der Waals surface area (Å²) < 4.78 is -0.605. The smallest absolute Gasteiger partial charge is 0.222 e. The highest BCUT2D eigenvalue weighted by atomic mass is 32.2. The van der Waals surface area contributed by atoms with E-state index in [0.717, 1.165) is 0 Å². The van der Waals surface area contributed by atoms with Crippen LogP contribution in [0.1, 0.15) is 13.8 Å². The average molecular weight is 165 g/mol. The van der Waals surface area contributed by atoms with E-state index in [4.69, 9.17) is 5.73 Å². The standard InChI is InChI=1S/C5H11NOS2/c1-3(4(6)7)5(2,8)9/h3,8-9H,1-2H3,(H2,6,7). The highest BCUT2D eigenvalue weighted by Crippen LogP contribution is 2.27. The predicted octanol–water partition coefficient (Wildman–Crippen LogP) is 0.684. The Kier molecular flexibility index (Phi) is 2.89. The van der Waals surface area contributed by atoms with E-state index in [9.17, 15) is 4.79 Å². The topological polar surface area (TPSA) is 43.1 Å². The first-order valence-corrected chi connectivity index (χ1v) is 3.49. The van der Waals surface area contributed by atoms with Crippen molar-refractivity contribution in [3.05, 3.63) is 0 Å². The van der Waals surface area contributed by atoms with Gasteiger partial charge >= 0.3 is 0 Å². The molecule has 0 aliphatic rings. The summed E-state index contributed by atoms with van der Waals surface area (Å²) in [6.45, 7) is 3.43. The number of amides is 1. The summed E-state index contributed by atoms with van der Waals surface area (Å²) in [4.78, 5) is 10.5. The van der Waals surface area contributed by atoms with Crippen LogP contribution < -0.4 is 5.73 Å². The number of carbonyl (C=O) groups excluding carboxylic acids is 1. The van der Waals surface area contributed by atoms with Crippen molar-refractivity contribution in [3.8, 4) is 0 Å². The molecule has 0 bridgehead atoms. The summed E-state index contributed by atoms with van der Waals surface area (Å²) in [6.07, 6.45) is 0. The molecule has 0 fully saturated rings. The van der Waals surface area contributed by atoms with Crippen LogP contribution in [0.4, 0.5) is 0 Å². The van der Waals surface area contributed by atoms with Crippen LogP contribution in [0, 0.1) is 5.92 Å². The lowest BCUT2D eigenvalue weighted by molar-refractivity contribution is -0.121. The zero-order valence-electron chi connectivity index (χ0n) is 5.46. The van der Waals surface area contributed by atoms with Crippen molar-refractivity contribution < 1.29 is 4.79 Å². The molecule has 1 atom stereocenters. The quantitative estimate of drug-likeness (QED) is 0.409. The fourth-order valence-electron chi connectivity index (χ4n) is 0.269. The molecule has 0 aromatic rings. The van der Waals surface area contributed by atoms with Gasteiger partial charge in [-0.25, -0.2) is 0 Å². The van der Waals surface area contributed by atoms with Crippen LogP contribution in [0.2, 0.25) is 0 Å². The number of nitrogens with two attached hydrogens (primary N) is 1. The molecule has 0 heterocycles. The van der Waals surface area contributed by atoms with Crippen molar-refractivity contribution in [2.75, 3.05) is 0 Å². The third kappa shape index (κ3) is 3.01. The molecule has 0 aromatic carbocycles. The van der Waals surface area contributed by atoms with E-state index >= 15 is 0 Å². The van der Waals surface area contributed by atoms with Crippen molar-refractivity contribution in [1.29, 1.82) is 0 Å². The van der Waals surface area contributed by atoms with E-state index in [1.165, 1.54) is 0 Å². The summed E-state index contributed by atoms with van der Waals surface area (Å²) in [5.41, 5.74) is 4.99. The second-order valence-corrected chi connectivity index (χ2v) is 4.43. The molecule has 4 heteroatoms. The van der Waals surface area contributed by atoms with Gasteiger partial charge in [-0.3, -0.25) is 4.79 Å². The lowest BCUT2D eigenvalue weighted by Crippen LogP contribution is -2.32. The van der Waals surface area contributed by atoms with Gasteiger partial charge in [-0.1, -0.05) is 6.92 Å². The van der Waals surface area contributed by atoms with Crippen molar-refractivity contribution in [2.45, 2.75) is 17.9 Å². The van der Waals surface area contributed by atoms with E-state index < -0.39 is 4.08 Å². The molecule has 2 N–H and O–H groups in total. The predicted molar refractivity (Wildman–Crippen MR) is 44.7 cm³/mol. The lowest BCUT2D eigenvalue weighted by Gasteiger charge is -2.21. The lowest BCUT2D eigenvalue weighted by atomic mass is 10.1. The zero-order chi connectivity index (χ0) is 7.65. The minimum Gasteiger partial charge on any atom is -0.369 e. The number of rotatable bonds is 2. The molecule has 0 spiro atoms. The number of thiol groups is 2. The number of hydrogen-bond donors (Lipinski definition) is 3. The maximum absolute atomic E-state index is 10.5. The summed E-state index contributed by atoms with van der Waals surface area (Å²) >= 11 is 8.10. The van der Waals surface area contributed by atoms with Gasteiger partial charge in [0.2, 0.25) is 5.91 Å². The van der Waals surface area contributed by atoms with Crippen LogP contribution in [0.5, 0.6) is 0 Å². The first-order valence-electron chi connectivity index (χ1n) is 2.59. The highest BCUT2D eigenvalue weighted by Gasteiger charge is 2.26. The maximum atomic E-state index is 10.5. The van der Waals surface area contributed by atoms with Crippen molar-refractivity contribution >= 4 is 31.2 Å². The fourth-order valence-corrected chi connectivity index (χ4v) is 0.524. The van der Waals surface area contributed by atoms with Gasteiger partial charge in [0.25, 0.3) is 0 Å². The molecule has 2 nitrogen and oxygen atoms in total. The van der Waals surface area contributed by atoms with Gasteiger partial charge in [0.1, 0.15) is 0 Å². The van der Waals surface area contributed by atoms with Crippen LogP contribution in [0.3, 0.4) is 0 Å². The largest absolute Gasteiger partial charge is 0.369 e. The number of carbonyl (C=O) groups is 1. The van der Waals surface area contributed by atoms with Gasteiger partial charge in [0, 0.05) is 0 Å². The molecule has 0 saturated heterocycles. The number of primary amides is 1. The molecule has 0 aliphatic carbocycles. The van der Waals surface area contributed by atoms with E-state index in [0.29, 0.717) is 0 Å². The van der Waals surface area contributed by atoms with E-state index in [-0.39, 0.29) is 11.8 Å². The summed E-state index contributed by atoms with van der Waals surface area (Å²) in [7, 11) is 0. The normalized spacial score (nSPS) is 15.1. The van der Waals surface area contributed by atoms with Gasteiger partial charge in [-0.2, -0.15) is 25.3 Å². The Morgan fingerprint density at radius 2 is 2.00 bits per heavy atom. The second kappa shape index (κ2) is 2.84. The first kappa shape index (κ1) is 9.17. The molecular weight excluding hydrogens is 154 g/mol. The van der Waals surface area contributed by atoms with Gasteiger partial charge in [-0.15, -0.1) is 0 Å². The molecule has 54 valence electrons. The maximum Gasteiger partial charge on any atom is 0.222 e. The van der Waals surface area contributed by atoms with E-state index in [1.54, 1.807) is 13.8 Å². The van der Waals surface area contributed by atoms with Crippen molar-refractivity contribution in [2.24, 2.45) is 11.7 Å². The second-order valence-electron chi connectivity index (χ2n) is 2.22. The highest BCUT2D eigenvalue weighted by molar-refractivity contribution is 8.00. The third-order valence-corrected chi connectivity index (χ3v) is 2.02. The Balaban J connectivity index is 4.04. The molecule has 0 radical (unpaired) electrons. The Morgan fingerprint density at radius 3 is 2.00 bits per heavy atom. The van der Waals surface area contributed by atoms with Crippen LogP contribution in [-0.4, -0.2) is 9.99 Å². The van der Waals surface area contributed by atoms with E-state index in [2.05, 4.69) is 25.3 Å². The molecule has 1 unspecified atom stereocenters. The van der Waals surface area contributed by atoms with Gasteiger partial charge in [0.15, 0.2) is 0 Å². The molecule has 1 amide bonds. The molecule has 9 heavy (non-hydrogen) atoms. The third-order valence-electron chi connectivity index (χ3n) is 1.25. The van der Waals surface area contributed by atoms with Crippen LogP contribution in [-0.2, 0) is 4.79 Å². The van der Waals surface area contributed by atoms with Crippen molar-refractivity contribution in [3.63, 3.8) is 0 Å². The molecule has 0 aliphatic heterocycles. The van der Waals surface area contributed by atoms with Gasteiger partial charge in [0.05, 0.1) is 10.00 Å². The monoisotopic (exact) mass is 165 g/mol.